The lowest BCUT2D eigenvalue weighted by Gasteiger charge is -2.05. The van der Waals surface area contributed by atoms with Crippen molar-refractivity contribution in [3.05, 3.63) is 77.8 Å². The van der Waals surface area contributed by atoms with Crippen LogP contribution in [0.5, 0.6) is 0 Å². The Morgan fingerprint density at radius 2 is 1.74 bits per heavy atom. The lowest BCUT2D eigenvalue weighted by atomic mass is 10.1. The number of pyridine rings is 1. The van der Waals surface area contributed by atoms with E-state index in [0.717, 1.165) is 29.2 Å². The Labute approximate surface area is 135 Å². The van der Waals surface area contributed by atoms with Gasteiger partial charge in [0, 0.05) is 24.5 Å². The van der Waals surface area contributed by atoms with Crippen LogP contribution < -0.4 is 5.32 Å². The second-order valence-electron chi connectivity index (χ2n) is 5.52. The highest BCUT2D eigenvalue weighted by Gasteiger charge is 2.06. The van der Waals surface area contributed by atoms with Crippen LogP contribution in [-0.2, 0) is 13.1 Å². The summed E-state index contributed by atoms with van der Waals surface area (Å²) in [6, 6.07) is 15.7. The number of nitrogens with one attached hydrogen (secondary N) is 1. The highest BCUT2D eigenvalue weighted by molar-refractivity contribution is 5.58. The Balaban J connectivity index is 1.59. The third-order valence-electron chi connectivity index (χ3n) is 3.72. The van der Waals surface area contributed by atoms with Crippen molar-refractivity contribution in [3.8, 4) is 11.3 Å². The molecule has 0 saturated carbocycles. The molecule has 0 spiro atoms. The fourth-order valence-corrected chi connectivity index (χ4v) is 2.38. The zero-order valence-corrected chi connectivity index (χ0v) is 13.1. The monoisotopic (exact) mass is 308 g/mol. The number of nitrogens with zero attached hydrogens (tertiary/aromatic N) is 1. The molecule has 0 aliphatic carbocycles. The molecule has 0 aliphatic heterocycles. The van der Waals surface area contributed by atoms with Crippen molar-refractivity contribution in [2.75, 3.05) is 0 Å². The fourth-order valence-electron chi connectivity index (χ4n) is 2.38. The van der Waals surface area contributed by atoms with Gasteiger partial charge in [0.05, 0.1) is 12.6 Å². The van der Waals surface area contributed by atoms with E-state index in [-0.39, 0.29) is 0 Å². The average Bonchev–Trinajstić information content (AvgIpc) is 3.05. The molecule has 0 saturated heterocycles. The number of aromatic nitrogens is 1. The largest absolute Gasteiger partial charge is 0.460 e. The van der Waals surface area contributed by atoms with E-state index in [1.54, 1.807) is 19.3 Å². The minimum Gasteiger partial charge on any atom is -0.460 e. The van der Waals surface area contributed by atoms with Crippen LogP contribution in [0.2, 0.25) is 0 Å². The molecule has 4 heteroatoms. The van der Waals surface area contributed by atoms with Crippen LogP contribution in [0.15, 0.2) is 65.3 Å². The molecule has 1 atom stereocenters. The van der Waals surface area contributed by atoms with Crippen molar-refractivity contribution in [1.82, 2.24) is 10.3 Å². The summed E-state index contributed by atoms with van der Waals surface area (Å²) in [4.78, 5) is 4.00. The summed E-state index contributed by atoms with van der Waals surface area (Å²) in [5, 5.41) is 12.9. The van der Waals surface area contributed by atoms with E-state index in [9.17, 15) is 5.11 Å². The first-order valence-corrected chi connectivity index (χ1v) is 7.69. The van der Waals surface area contributed by atoms with E-state index in [1.807, 2.05) is 48.5 Å². The molecule has 0 amide bonds. The molecule has 0 aliphatic rings. The van der Waals surface area contributed by atoms with Gasteiger partial charge in [0.25, 0.3) is 0 Å². The smallest absolute Gasteiger partial charge is 0.134 e. The zero-order valence-electron chi connectivity index (χ0n) is 13.1. The number of rotatable bonds is 6. The van der Waals surface area contributed by atoms with Crippen molar-refractivity contribution in [2.45, 2.75) is 26.1 Å². The van der Waals surface area contributed by atoms with Crippen molar-refractivity contribution in [2.24, 2.45) is 0 Å². The lowest BCUT2D eigenvalue weighted by molar-refractivity contribution is 0.199. The van der Waals surface area contributed by atoms with Crippen LogP contribution in [0.3, 0.4) is 0 Å². The first-order chi connectivity index (χ1) is 11.2. The van der Waals surface area contributed by atoms with Crippen LogP contribution in [0.25, 0.3) is 11.3 Å². The summed E-state index contributed by atoms with van der Waals surface area (Å²) in [6.07, 6.45) is 3.13. The van der Waals surface area contributed by atoms with Gasteiger partial charge in [0.1, 0.15) is 11.5 Å². The Kier molecular flexibility index (Phi) is 4.86. The van der Waals surface area contributed by atoms with E-state index in [1.165, 1.54) is 5.56 Å². The molecular formula is C19H20N2O2. The summed E-state index contributed by atoms with van der Waals surface area (Å²) in [7, 11) is 0. The summed E-state index contributed by atoms with van der Waals surface area (Å²) in [5.74, 6) is 1.73. The van der Waals surface area contributed by atoms with Gasteiger partial charge in [-0.2, -0.15) is 0 Å². The molecular weight excluding hydrogens is 288 g/mol. The third-order valence-corrected chi connectivity index (χ3v) is 3.72. The van der Waals surface area contributed by atoms with Gasteiger partial charge < -0.3 is 14.8 Å². The first kappa shape index (κ1) is 15.5. The normalized spacial score (nSPS) is 12.3. The van der Waals surface area contributed by atoms with Crippen LogP contribution >= 0.6 is 0 Å². The van der Waals surface area contributed by atoms with E-state index in [4.69, 9.17) is 4.42 Å². The van der Waals surface area contributed by atoms with Crippen molar-refractivity contribution in [1.29, 1.82) is 0 Å². The van der Waals surface area contributed by atoms with Gasteiger partial charge in [-0.25, -0.2) is 0 Å². The van der Waals surface area contributed by atoms with E-state index >= 15 is 0 Å². The molecule has 1 unspecified atom stereocenters. The molecule has 3 aromatic rings. The van der Waals surface area contributed by atoms with Gasteiger partial charge in [-0.3, -0.25) is 4.98 Å². The van der Waals surface area contributed by atoms with E-state index in [2.05, 4.69) is 10.3 Å². The number of hydrogen-bond acceptors (Lipinski definition) is 4. The predicted octanol–water partition coefficient (Wildman–Crippen LogP) is 3.68. The topological polar surface area (TPSA) is 58.3 Å². The summed E-state index contributed by atoms with van der Waals surface area (Å²) >= 11 is 0. The number of furan rings is 1. The van der Waals surface area contributed by atoms with Gasteiger partial charge in [-0.05, 0) is 42.3 Å². The quantitative estimate of drug-likeness (QED) is 0.729. The van der Waals surface area contributed by atoms with Gasteiger partial charge in [-0.15, -0.1) is 0 Å². The molecule has 3 rings (SSSR count). The molecule has 0 radical (unpaired) electrons. The Morgan fingerprint density at radius 3 is 2.43 bits per heavy atom. The van der Waals surface area contributed by atoms with Crippen molar-refractivity contribution in [3.63, 3.8) is 0 Å². The highest BCUT2D eigenvalue weighted by atomic mass is 16.3. The standard InChI is InChI=1S/C19H20N2O2/c1-14(22)16-2-4-17(5-3-16)19-7-6-18(23-19)13-21-12-15-8-10-20-11-9-15/h2-11,14,21-22H,12-13H2,1H3. The second kappa shape index (κ2) is 7.22. The molecule has 0 bridgehead atoms. The van der Waals surface area contributed by atoms with Gasteiger partial charge >= 0.3 is 0 Å². The number of benzene rings is 1. The SMILES string of the molecule is CC(O)c1ccc(-c2ccc(CNCc3ccncc3)o2)cc1. The Hall–Kier alpha value is -2.43. The Bertz CT molecular complexity index is 734. The molecule has 0 fully saturated rings. The minimum atomic E-state index is -0.450. The van der Waals surface area contributed by atoms with E-state index in [0.29, 0.717) is 6.54 Å². The highest BCUT2D eigenvalue weighted by Crippen LogP contribution is 2.24. The average molecular weight is 308 g/mol. The van der Waals surface area contributed by atoms with Gasteiger partial charge in [0.15, 0.2) is 0 Å². The van der Waals surface area contributed by atoms with Gasteiger partial charge in [-0.1, -0.05) is 24.3 Å². The summed E-state index contributed by atoms with van der Waals surface area (Å²) in [5.41, 5.74) is 3.11. The number of aliphatic hydroxyl groups is 1. The molecule has 2 N–H and O–H groups in total. The predicted molar refractivity (Wildman–Crippen MR) is 89.6 cm³/mol. The van der Waals surface area contributed by atoms with Crippen LogP contribution in [-0.4, -0.2) is 10.1 Å². The van der Waals surface area contributed by atoms with Crippen LogP contribution in [0.1, 0.15) is 29.9 Å². The molecule has 1 aromatic carbocycles. The fraction of sp³-hybridized carbons (Fsp3) is 0.211. The van der Waals surface area contributed by atoms with Crippen molar-refractivity contribution >= 4 is 0 Å². The lowest BCUT2D eigenvalue weighted by Crippen LogP contribution is -2.11. The van der Waals surface area contributed by atoms with Crippen LogP contribution in [0.4, 0.5) is 0 Å². The first-order valence-electron chi connectivity index (χ1n) is 7.69. The molecule has 4 nitrogen and oxygen atoms in total. The third kappa shape index (κ3) is 4.06. The summed E-state index contributed by atoms with van der Waals surface area (Å²) in [6.45, 7) is 3.21. The molecule has 2 heterocycles. The molecule has 2 aromatic heterocycles. The van der Waals surface area contributed by atoms with Crippen molar-refractivity contribution < 1.29 is 9.52 Å². The van der Waals surface area contributed by atoms with Crippen LogP contribution in [0, 0.1) is 0 Å². The zero-order chi connectivity index (χ0) is 16.1. The minimum absolute atomic E-state index is 0.450. The van der Waals surface area contributed by atoms with Gasteiger partial charge in [0.2, 0.25) is 0 Å². The summed E-state index contributed by atoms with van der Waals surface area (Å²) < 4.78 is 5.87. The van der Waals surface area contributed by atoms with E-state index < -0.39 is 6.10 Å². The Morgan fingerprint density at radius 1 is 1.00 bits per heavy atom. The molecule has 118 valence electrons. The maximum atomic E-state index is 9.54. The number of aliphatic hydroxyl groups excluding tert-OH is 1. The number of hydrogen-bond donors (Lipinski definition) is 2. The second-order valence-corrected chi connectivity index (χ2v) is 5.52. The maximum absolute atomic E-state index is 9.54. The maximum Gasteiger partial charge on any atom is 0.134 e. The molecule has 23 heavy (non-hydrogen) atoms.